The van der Waals surface area contributed by atoms with Gasteiger partial charge in [-0.25, -0.2) is 8.42 Å². The Kier molecular flexibility index (Phi) is 3.77. The smallest absolute Gasteiger partial charge is 0.150 e. The quantitative estimate of drug-likeness (QED) is 0.696. The van der Waals surface area contributed by atoms with Crippen LogP contribution in [-0.4, -0.2) is 19.9 Å². The van der Waals surface area contributed by atoms with Crippen LogP contribution in [0.3, 0.4) is 0 Å². The van der Waals surface area contributed by atoms with Crippen LogP contribution >= 0.6 is 0 Å². The van der Waals surface area contributed by atoms with Crippen LogP contribution in [0, 0.1) is 11.8 Å². The molecule has 1 aliphatic carbocycles. The molecule has 0 aliphatic heterocycles. The van der Waals surface area contributed by atoms with Crippen LogP contribution in [0.4, 0.5) is 0 Å². The summed E-state index contributed by atoms with van der Waals surface area (Å²) in [7, 11) is -2.87. The number of sulfone groups is 1. The summed E-state index contributed by atoms with van der Waals surface area (Å²) in [6, 6.07) is 0. The minimum absolute atomic E-state index is 0.159. The van der Waals surface area contributed by atoms with E-state index < -0.39 is 9.84 Å². The lowest BCUT2D eigenvalue weighted by Crippen LogP contribution is -2.43. The topological polar surface area (TPSA) is 34.1 Å². The highest BCUT2D eigenvalue weighted by Crippen LogP contribution is 2.39. The first-order valence-corrected chi connectivity index (χ1v) is 7.31. The molecule has 0 N–H and O–H groups in total. The summed E-state index contributed by atoms with van der Waals surface area (Å²) in [6.07, 6.45) is 8.25. The maximum Gasteiger partial charge on any atom is 0.150 e. The van der Waals surface area contributed by atoms with E-state index in [4.69, 9.17) is 0 Å². The van der Waals surface area contributed by atoms with E-state index in [1.165, 1.54) is 11.8 Å². The van der Waals surface area contributed by atoms with Gasteiger partial charge in [-0.15, -0.1) is 0 Å². The fourth-order valence-corrected chi connectivity index (χ4v) is 3.57. The van der Waals surface area contributed by atoms with Crippen molar-refractivity contribution in [3.8, 4) is 0 Å². The Labute approximate surface area is 93.0 Å². The first kappa shape index (κ1) is 12.5. The third-order valence-corrected chi connectivity index (χ3v) is 4.88. The number of allylic oxidation sites excluding steroid dienone is 4. The molecule has 1 saturated carbocycles. The van der Waals surface area contributed by atoms with E-state index in [9.17, 15) is 8.42 Å². The molecular formula is C12H20O2S. The van der Waals surface area contributed by atoms with Crippen LogP contribution < -0.4 is 0 Å². The Hall–Kier alpha value is -0.570. The van der Waals surface area contributed by atoms with E-state index in [1.807, 2.05) is 26.0 Å². The van der Waals surface area contributed by atoms with Crippen LogP contribution in [0.1, 0.15) is 27.2 Å². The summed E-state index contributed by atoms with van der Waals surface area (Å²) >= 11 is 0. The Morgan fingerprint density at radius 2 is 2.00 bits per heavy atom. The lowest BCUT2D eigenvalue weighted by Gasteiger charge is -2.39. The molecule has 0 radical (unpaired) electrons. The van der Waals surface area contributed by atoms with Gasteiger partial charge in [-0.3, -0.25) is 0 Å². The molecule has 1 aliphatic rings. The zero-order valence-corrected chi connectivity index (χ0v) is 10.7. The van der Waals surface area contributed by atoms with Crippen LogP contribution in [-0.2, 0) is 9.84 Å². The molecule has 3 atom stereocenters. The number of hydrogen-bond donors (Lipinski definition) is 0. The molecule has 15 heavy (non-hydrogen) atoms. The monoisotopic (exact) mass is 228 g/mol. The van der Waals surface area contributed by atoms with E-state index in [1.54, 1.807) is 0 Å². The molecule has 0 aromatic heterocycles. The van der Waals surface area contributed by atoms with E-state index in [0.29, 0.717) is 5.92 Å². The molecular weight excluding hydrogens is 208 g/mol. The second-order valence-electron chi connectivity index (χ2n) is 4.55. The zero-order chi connectivity index (χ0) is 11.6. The molecule has 0 amide bonds. The van der Waals surface area contributed by atoms with Crippen molar-refractivity contribution < 1.29 is 8.42 Å². The van der Waals surface area contributed by atoms with Gasteiger partial charge in [-0.2, -0.15) is 0 Å². The Balaban J connectivity index is 2.73. The van der Waals surface area contributed by atoms with Gasteiger partial charge in [0, 0.05) is 6.26 Å². The van der Waals surface area contributed by atoms with Gasteiger partial charge >= 0.3 is 0 Å². The number of hydrogen-bond acceptors (Lipinski definition) is 2. The summed E-state index contributed by atoms with van der Waals surface area (Å²) in [5.74, 6) is 0.695. The van der Waals surface area contributed by atoms with Crippen molar-refractivity contribution in [2.24, 2.45) is 11.8 Å². The molecule has 0 saturated heterocycles. The first-order chi connectivity index (χ1) is 6.86. The maximum absolute atomic E-state index is 11.4. The fraction of sp³-hybridized carbons (Fsp3) is 0.667. The highest BCUT2D eigenvalue weighted by atomic mass is 32.2. The van der Waals surface area contributed by atoms with Crippen molar-refractivity contribution in [3.63, 3.8) is 0 Å². The molecule has 3 heteroatoms. The average Bonchev–Trinajstić information content (AvgIpc) is 2.12. The molecule has 1 fully saturated rings. The first-order valence-electron chi connectivity index (χ1n) is 5.36. The van der Waals surface area contributed by atoms with E-state index >= 15 is 0 Å². The van der Waals surface area contributed by atoms with Gasteiger partial charge in [-0.1, -0.05) is 30.7 Å². The standard InChI is InChI=1S/C12H20O2S/c1-5-9(2)6-7-11-10(3)8-12(11)15(4,13)14/h5-7,10-12H,8H2,1-4H3/b7-6-,9-5-. The molecule has 2 nitrogen and oxygen atoms in total. The summed E-state index contributed by atoms with van der Waals surface area (Å²) in [5.41, 5.74) is 1.18. The van der Waals surface area contributed by atoms with Crippen molar-refractivity contribution in [1.82, 2.24) is 0 Å². The summed E-state index contributed by atoms with van der Waals surface area (Å²) in [5, 5.41) is -0.159. The van der Waals surface area contributed by atoms with Crippen LogP contribution in [0.15, 0.2) is 23.8 Å². The third-order valence-electron chi connectivity index (χ3n) is 3.28. The molecule has 0 aromatic rings. The van der Waals surface area contributed by atoms with Crippen molar-refractivity contribution >= 4 is 9.84 Å². The Morgan fingerprint density at radius 3 is 2.40 bits per heavy atom. The Bertz CT molecular complexity index is 376. The second kappa shape index (κ2) is 4.52. The lowest BCUT2D eigenvalue weighted by molar-refractivity contribution is 0.255. The van der Waals surface area contributed by atoms with E-state index in [2.05, 4.69) is 13.0 Å². The highest BCUT2D eigenvalue weighted by molar-refractivity contribution is 7.91. The maximum atomic E-state index is 11.4. The number of rotatable bonds is 3. The zero-order valence-electron chi connectivity index (χ0n) is 9.90. The predicted molar refractivity (Wildman–Crippen MR) is 64.5 cm³/mol. The largest absolute Gasteiger partial charge is 0.229 e. The van der Waals surface area contributed by atoms with E-state index in [0.717, 1.165) is 6.42 Å². The van der Waals surface area contributed by atoms with Gasteiger partial charge in [0.25, 0.3) is 0 Å². The van der Waals surface area contributed by atoms with Crippen molar-refractivity contribution in [3.05, 3.63) is 23.8 Å². The predicted octanol–water partition coefficient (Wildman–Crippen LogP) is 2.58. The average molecular weight is 228 g/mol. The van der Waals surface area contributed by atoms with Gasteiger partial charge in [0.1, 0.15) is 0 Å². The van der Waals surface area contributed by atoms with Crippen molar-refractivity contribution in [2.75, 3.05) is 6.26 Å². The van der Waals surface area contributed by atoms with Gasteiger partial charge in [0.05, 0.1) is 5.25 Å². The third kappa shape index (κ3) is 2.94. The minimum atomic E-state index is -2.87. The molecule has 0 spiro atoms. The van der Waals surface area contributed by atoms with Crippen LogP contribution in [0.25, 0.3) is 0 Å². The van der Waals surface area contributed by atoms with Crippen LogP contribution in [0.2, 0.25) is 0 Å². The Morgan fingerprint density at radius 1 is 1.40 bits per heavy atom. The second-order valence-corrected chi connectivity index (χ2v) is 6.81. The minimum Gasteiger partial charge on any atom is -0.229 e. The van der Waals surface area contributed by atoms with Crippen LogP contribution in [0.5, 0.6) is 0 Å². The normalized spacial score (nSPS) is 33.1. The molecule has 0 heterocycles. The van der Waals surface area contributed by atoms with Gasteiger partial charge in [0.15, 0.2) is 9.84 Å². The lowest BCUT2D eigenvalue weighted by atomic mass is 9.74. The highest BCUT2D eigenvalue weighted by Gasteiger charge is 2.42. The molecule has 0 bridgehead atoms. The molecule has 0 aromatic carbocycles. The fourth-order valence-electron chi connectivity index (χ4n) is 1.98. The summed E-state index contributed by atoms with van der Waals surface area (Å²) < 4.78 is 22.9. The molecule has 3 unspecified atom stereocenters. The SMILES string of the molecule is C/C=C(C)\C=C/C1C(C)CC1S(C)(=O)=O. The van der Waals surface area contributed by atoms with Crippen molar-refractivity contribution in [2.45, 2.75) is 32.4 Å². The van der Waals surface area contributed by atoms with E-state index in [-0.39, 0.29) is 11.2 Å². The van der Waals surface area contributed by atoms with Gasteiger partial charge in [-0.05, 0) is 32.1 Å². The summed E-state index contributed by atoms with van der Waals surface area (Å²) in [4.78, 5) is 0. The summed E-state index contributed by atoms with van der Waals surface area (Å²) in [6.45, 7) is 6.12. The van der Waals surface area contributed by atoms with Gasteiger partial charge < -0.3 is 0 Å². The van der Waals surface area contributed by atoms with Crippen molar-refractivity contribution in [1.29, 1.82) is 0 Å². The molecule has 1 rings (SSSR count). The molecule has 86 valence electrons. The van der Waals surface area contributed by atoms with Gasteiger partial charge in [0.2, 0.25) is 0 Å².